The van der Waals surface area contributed by atoms with E-state index in [0.717, 1.165) is 26.1 Å². The zero-order valence-corrected chi connectivity index (χ0v) is 9.25. The standard InChI is InChI=1S/C11H17NO3/c1-3-4-5-6-12-8-11(2,9-12)15-7-10(13)14/h5-9H2,1-2H3,(H,13,14). The summed E-state index contributed by atoms with van der Waals surface area (Å²) in [7, 11) is 0. The van der Waals surface area contributed by atoms with Crippen molar-refractivity contribution in [2.75, 3.05) is 26.2 Å². The second kappa shape index (κ2) is 5.15. The molecule has 1 fully saturated rings. The van der Waals surface area contributed by atoms with Crippen molar-refractivity contribution < 1.29 is 14.6 Å². The summed E-state index contributed by atoms with van der Waals surface area (Å²) in [6.07, 6.45) is 0.867. The monoisotopic (exact) mass is 211 g/mol. The Morgan fingerprint density at radius 1 is 1.60 bits per heavy atom. The van der Waals surface area contributed by atoms with Gasteiger partial charge in [-0.3, -0.25) is 4.90 Å². The molecule has 0 amide bonds. The minimum atomic E-state index is -0.911. The Hall–Kier alpha value is -1.05. The molecule has 1 saturated heterocycles. The third-order valence-corrected chi connectivity index (χ3v) is 2.39. The molecular formula is C11H17NO3. The molecule has 4 heteroatoms. The van der Waals surface area contributed by atoms with Crippen LogP contribution in [0.25, 0.3) is 0 Å². The Labute approximate surface area is 90.2 Å². The molecule has 0 unspecified atom stereocenters. The average molecular weight is 211 g/mol. The lowest BCUT2D eigenvalue weighted by Gasteiger charge is -2.47. The van der Waals surface area contributed by atoms with Gasteiger partial charge in [0.25, 0.3) is 0 Å². The van der Waals surface area contributed by atoms with E-state index in [1.807, 2.05) is 13.8 Å². The molecule has 84 valence electrons. The molecule has 15 heavy (non-hydrogen) atoms. The second-order valence-corrected chi connectivity index (χ2v) is 4.02. The van der Waals surface area contributed by atoms with E-state index in [-0.39, 0.29) is 12.2 Å². The SMILES string of the molecule is CC#CCCN1CC(C)(OCC(=O)O)C1. The number of carbonyl (C=O) groups is 1. The van der Waals surface area contributed by atoms with E-state index in [9.17, 15) is 4.79 Å². The van der Waals surface area contributed by atoms with Crippen LogP contribution < -0.4 is 0 Å². The highest BCUT2D eigenvalue weighted by molar-refractivity contribution is 5.68. The minimum absolute atomic E-state index is 0.209. The van der Waals surface area contributed by atoms with E-state index in [0.29, 0.717) is 0 Å². The highest BCUT2D eigenvalue weighted by Gasteiger charge is 2.39. The van der Waals surface area contributed by atoms with E-state index in [2.05, 4.69) is 16.7 Å². The van der Waals surface area contributed by atoms with Crippen LogP contribution in [0, 0.1) is 11.8 Å². The molecule has 0 aromatic carbocycles. The van der Waals surface area contributed by atoms with Crippen LogP contribution in [0.15, 0.2) is 0 Å². The lowest BCUT2D eigenvalue weighted by atomic mass is 9.96. The summed E-state index contributed by atoms with van der Waals surface area (Å²) < 4.78 is 5.29. The maximum Gasteiger partial charge on any atom is 0.329 e. The van der Waals surface area contributed by atoms with E-state index < -0.39 is 5.97 Å². The number of carboxylic acids is 1. The normalized spacial score (nSPS) is 18.8. The Kier molecular flexibility index (Phi) is 4.13. The summed E-state index contributed by atoms with van der Waals surface area (Å²) >= 11 is 0. The van der Waals surface area contributed by atoms with Gasteiger partial charge in [0, 0.05) is 26.1 Å². The van der Waals surface area contributed by atoms with Crippen LogP contribution in [-0.4, -0.2) is 47.8 Å². The largest absolute Gasteiger partial charge is 0.480 e. The molecule has 0 bridgehead atoms. The first-order chi connectivity index (χ1) is 7.06. The fourth-order valence-electron chi connectivity index (χ4n) is 1.72. The average Bonchev–Trinajstić information content (AvgIpc) is 2.12. The molecule has 0 aliphatic carbocycles. The first kappa shape index (κ1) is 12.0. The third-order valence-electron chi connectivity index (χ3n) is 2.39. The number of aliphatic carboxylic acids is 1. The molecule has 0 atom stereocenters. The predicted octanol–water partition coefficient (Wildman–Crippen LogP) is 0.575. The van der Waals surface area contributed by atoms with Gasteiger partial charge in [0.15, 0.2) is 0 Å². The maximum absolute atomic E-state index is 10.3. The number of nitrogens with zero attached hydrogens (tertiary/aromatic N) is 1. The number of ether oxygens (including phenoxy) is 1. The zero-order chi connectivity index (χ0) is 11.3. The third kappa shape index (κ3) is 3.90. The molecule has 4 nitrogen and oxygen atoms in total. The van der Waals surface area contributed by atoms with Gasteiger partial charge in [0.2, 0.25) is 0 Å². The highest BCUT2D eigenvalue weighted by Crippen LogP contribution is 2.24. The van der Waals surface area contributed by atoms with E-state index in [4.69, 9.17) is 9.84 Å². The molecule has 1 rings (SSSR count). The van der Waals surface area contributed by atoms with Crippen LogP contribution >= 0.6 is 0 Å². The molecule has 1 N–H and O–H groups in total. The summed E-state index contributed by atoms with van der Waals surface area (Å²) in [5, 5.41) is 8.48. The highest BCUT2D eigenvalue weighted by atomic mass is 16.5. The molecule has 1 heterocycles. The van der Waals surface area contributed by atoms with Crippen LogP contribution in [-0.2, 0) is 9.53 Å². The Morgan fingerprint density at radius 2 is 2.27 bits per heavy atom. The predicted molar refractivity (Wildman–Crippen MR) is 56.5 cm³/mol. The summed E-state index contributed by atoms with van der Waals surface area (Å²) in [4.78, 5) is 12.5. The first-order valence-electron chi connectivity index (χ1n) is 5.03. The first-order valence-corrected chi connectivity index (χ1v) is 5.03. The fraction of sp³-hybridized carbons (Fsp3) is 0.727. The lowest BCUT2D eigenvalue weighted by molar-refractivity contribution is -0.164. The molecule has 0 aromatic heterocycles. The van der Waals surface area contributed by atoms with Crippen LogP contribution in [0.5, 0.6) is 0 Å². The molecule has 1 aliphatic rings. The van der Waals surface area contributed by atoms with Gasteiger partial charge in [-0.25, -0.2) is 4.79 Å². The summed E-state index contributed by atoms with van der Waals surface area (Å²) in [6, 6.07) is 0. The number of rotatable bonds is 5. The topological polar surface area (TPSA) is 49.8 Å². The summed E-state index contributed by atoms with van der Waals surface area (Å²) in [5.74, 6) is 4.93. The quantitative estimate of drug-likeness (QED) is 0.676. The van der Waals surface area contributed by atoms with E-state index in [1.54, 1.807) is 0 Å². The van der Waals surface area contributed by atoms with Crippen LogP contribution in [0.2, 0.25) is 0 Å². The van der Waals surface area contributed by atoms with Gasteiger partial charge in [0.1, 0.15) is 6.61 Å². The van der Waals surface area contributed by atoms with Gasteiger partial charge in [-0.2, -0.15) is 0 Å². The van der Waals surface area contributed by atoms with Crippen molar-refractivity contribution >= 4 is 5.97 Å². The maximum atomic E-state index is 10.3. The Bertz CT molecular complexity index is 284. The molecule has 0 radical (unpaired) electrons. The Balaban J connectivity index is 2.16. The molecule has 0 aromatic rings. The van der Waals surface area contributed by atoms with E-state index in [1.165, 1.54) is 0 Å². The summed E-state index contributed by atoms with van der Waals surface area (Å²) in [6.45, 7) is 6.09. The van der Waals surface area contributed by atoms with Crippen LogP contribution in [0.1, 0.15) is 20.3 Å². The second-order valence-electron chi connectivity index (χ2n) is 4.02. The van der Waals surface area contributed by atoms with Gasteiger partial charge in [0.05, 0.1) is 5.60 Å². The molecule has 0 spiro atoms. The van der Waals surface area contributed by atoms with Crippen molar-refractivity contribution in [2.45, 2.75) is 25.9 Å². The fourth-order valence-corrected chi connectivity index (χ4v) is 1.72. The molecule has 0 saturated carbocycles. The number of hydrogen-bond donors (Lipinski definition) is 1. The number of likely N-dealkylation sites (tertiary alicyclic amines) is 1. The zero-order valence-electron chi connectivity index (χ0n) is 9.25. The van der Waals surface area contributed by atoms with Crippen molar-refractivity contribution in [1.29, 1.82) is 0 Å². The van der Waals surface area contributed by atoms with Gasteiger partial charge < -0.3 is 9.84 Å². The Morgan fingerprint density at radius 3 is 2.80 bits per heavy atom. The lowest BCUT2D eigenvalue weighted by Crippen LogP contribution is -2.61. The molecule has 1 aliphatic heterocycles. The number of hydrogen-bond acceptors (Lipinski definition) is 3. The number of carboxylic acid groups (broad SMARTS) is 1. The van der Waals surface area contributed by atoms with Crippen LogP contribution in [0.4, 0.5) is 0 Å². The smallest absolute Gasteiger partial charge is 0.329 e. The van der Waals surface area contributed by atoms with Crippen molar-refractivity contribution in [3.05, 3.63) is 0 Å². The molecular weight excluding hydrogens is 194 g/mol. The van der Waals surface area contributed by atoms with Gasteiger partial charge in [-0.05, 0) is 13.8 Å². The van der Waals surface area contributed by atoms with Crippen molar-refractivity contribution in [2.24, 2.45) is 0 Å². The van der Waals surface area contributed by atoms with Crippen molar-refractivity contribution in [3.8, 4) is 11.8 Å². The van der Waals surface area contributed by atoms with E-state index >= 15 is 0 Å². The minimum Gasteiger partial charge on any atom is -0.480 e. The van der Waals surface area contributed by atoms with Gasteiger partial charge in [-0.1, -0.05) is 0 Å². The van der Waals surface area contributed by atoms with Crippen molar-refractivity contribution in [1.82, 2.24) is 4.90 Å². The van der Waals surface area contributed by atoms with Gasteiger partial charge >= 0.3 is 5.97 Å². The van der Waals surface area contributed by atoms with Gasteiger partial charge in [-0.15, -0.1) is 11.8 Å². The summed E-state index contributed by atoms with van der Waals surface area (Å²) in [5.41, 5.74) is -0.280. The van der Waals surface area contributed by atoms with Crippen molar-refractivity contribution in [3.63, 3.8) is 0 Å². The van der Waals surface area contributed by atoms with Crippen LogP contribution in [0.3, 0.4) is 0 Å².